The van der Waals surface area contributed by atoms with E-state index in [0.29, 0.717) is 22.4 Å². The summed E-state index contributed by atoms with van der Waals surface area (Å²) in [5.41, 5.74) is 0.209. The highest BCUT2D eigenvalue weighted by atomic mass is 35.5. The van der Waals surface area contributed by atoms with Crippen molar-refractivity contribution in [2.45, 2.75) is 0 Å². The number of aromatic nitrogens is 1. The van der Waals surface area contributed by atoms with E-state index in [1.54, 1.807) is 6.07 Å². The standard InChI is InChI=1S/C16H12ClNO5/c1-22-11-5-8-10(6-12(11)23-2)18-14-7(16(20)21)3-4-9(17)13(14)15(8)19/h3-6H,1-2H3,(H,18,19)(H,20,21). The molecule has 118 valence electrons. The number of aromatic amines is 1. The van der Waals surface area contributed by atoms with Gasteiger partial charge in [-0.2, -0.15) is 0 Å². The molecule has 0 atom stereocenters. The van der Waals surface area contributed by atoms with Crippen LogP contribution in [0, 0.1) is 0 Å². The van der Waals surface area contributed by atoms with Crippen LogP contribution in [0.5, 0.6) is 11.5 Å². The molecule has 0 amide bonds. The van der Waals surface area contributed by atoms with E-state index in [0.717, 1.165) is 0 Å². The van der Waals surface area contributed by atoms with Gasteiger partial charge < -0.3 is 19.6 Å². The number of rotatable bonds is 3. The Hall–Kier alpha value is -2.73. The molecule has 1 aromatic heterocycles. The molecule has 2 N–H and O–H groups in total. The molecular formula is C16H12ClNO5. The van der Waals surface area contributed by atoms with Crippen molar-refractivity contribution in [2.24, 2.45) is 0 Å². The number of pyridine rings is 1. The van der Waals surface area contributed by atoms with Gasteiger partial charge >= 0.3 is 5.97 Å². The molecule has 0 bridgehead atoms. The van der Waals surface area contributed by atoms with Crippen LogP contribution in [-0.4, -0.2) is 30.3 Å². The highest BCUT2D eigenvalue weighted by Gasteiger charge is 2.17. The predicted octanol–water partition coefficient (Wildman–Crippen LogP) is 3.05. The number of halogens is 1. The summed E-state index contributed by atoms with van der Waals surface area (Å²) in [6.07, 6.45) is 0. The number of H-pyrrole nitrogens is 1. The quantitative estimate of drug-likeness (QED) is 0.719. The minimum absolute atomic E-state index is 0.0295. The van der Waals surface area contributed by atoms with E-state index >= 15 is 0 Å². The van der Waals surface area contributed by atoms with E-state index in [9.17, 15) is 14.7 Å². The van der Waals surface area contributed by atoms with Crippen LogP contribution in [0.15, 0.2) is 29.1 Å². The molecule has 3 aromatic rings. The summed E-state index contributed by atoms with van der Waals surface area (Å²) in [5, 5.41) is 9.96. The van der Waals surface area contributed by atoms with Gasteiger partial charge in [-0.1, -0.05) is 11.6 Å². The number of nitrogens with one attached hydrogen (secondary N) is 1. The van der Waals surface area contributed by atoms with Crippen LogP contribution in [0.25, 0.3) is 21.8 Å². The average molecular weight is 334 g/mol. The maximum atomic E-state index is 12.8. The van der Waals surface area contributed by atoms with Gasteiger partial charge in [-0.05, 0) is 18.2 Å². The molecule has 2 aromatic carbocycles. The Morgan fingerprint density at radius 2 is 1.83 bits per heavy atom. The fourth-order valence-electron chi connectivity index (χ4n) is 2.55. The predicted molar refractivity (Wildman–Crippen MR) is 87.1 cm³/mol. The Bertz CT molecular complexity index is 1010. The fourth-order valence-corrected chi connectivity index (χ4v) is 2.79. The smallest absolute Gasteiger partial charge is 0.337 e. The number of fused-ring (bicyclic) bond motifs is 2. The van der Waals surface area contributed by atoms with Crippen LogP contribution in [0.1, 0.15) is 10.4 Å². The maximum Gasteiger partial charge on any atom is 0.337 e. The zero-order valence-electron chi connectivity index (χ0n) is 12.3. The average Bonchev–Trinajstić information content (AvgIpc) is 2.53. The summed E-state index contributed by atoms with van der Waals surface area (Å²) >= 11 is 6.10. The zero-order valence-corrected chi connectivity index (χ0v) is 13.0. The second-order valence-corrected chi connectivity index (χ2v) is 5.26. The van der Waals surface area contributed by atoms with Gasteiger partial charge in [-0.3, -0.25) is 4.79 Å². The molecule has 3 rings (SSSR count). The number of hydrogen-bond donors (Lipinski definition) is 2. The summed E-state index contributed by atoms with van der Waals surface area (Å²) < 4.78 is 10.4. The summed E-state index contributed by atoms with van der Waals surface area (Å²) in [6, 6.07) is 5.88. The van der Waals surface area contributed by atoms with E-state index in [2.05, 4.69) is 4.98 Å². The van der Waals surface area contributed by atoms with E-state index < -0.39 is 5.97 Å². The van der Waals surface area contributed by atoms with Crippen LogP contribution < -0.4 is 14.9 Å². The van der Waals surface area contributed by atoms with Gasteiger partial charge in [0, 0.05) is 6.07 Å². The van der Waals surface area contributed by atoms with Crippen molar-refractivity contribution in [3.8, 4) is 11.5 Å². The van der Waals surface area contributed by atoms with Gasteiger partial charge in [0.2, 0.25) is 0 Å². The molecule has 0 spiro atoms. The molecule has 0 fully saturated rings. The number of carboxylic acid groups (broad SMARTS) is 1. The van der Waals surface area contributed by atoms with Crippen molar-refractivity contribution in [2.75, 3.05) is 14.2 Å². The first-order chi connectivity index (χ1) is 11.0. The molecule has 0 saturated heterocycles. The molecule has 1 heterocycles. The number of hydrogen-bond acceptors (Lipinski definition) is 4. The van der Waals surface area contributed by atoms with Crippen molar-refractivity contribution >= 4 is 39.4 Å². The van der Waals surface area contributed by atoms with Crippen LogP contribution in [0.2, 0.25) is 5.02 Å². The van der Waals surface area contributed by atoms with E-state index in [1.165, 1.54) is 32.4 Å². The third-order valence-corrected chi connectivity index (χ3v) is 3.95. The Labute approximate surface area is 135 Å². The molecule has 6 nitrogen and oxygen atoms in total. The Morgan fingerprint density at radius 3 is 2.43 bits per heavy atom. The lowest BCUT2D eigenvalue weighted by molar-refractivity contribution is 0.0699. The largest absolute Gasteiger partial charge is 0.493 e. The molecule has 23 heavy (non-hydrogen) atoms. The van der Waals surface area contributed by atoms with Gasteiger partial charge in [0.05, 0.1) is 46.6 Å². The molecular weight excluding hydrogens is 322 g/mol. The number of carbonyl (C=O) groups is 1. The number of ether oxygens (including phenoxy) is 2. The summed E-state index contributed by atoms with van der Waals surface area (Å²) in [4.78, 5) is 27.1. The monoisotopic (exact) mass is 333 g/mol. The number of aromatic carboxylic acids is 1. The first kappa shape index (κ1) is 15.2. The van der Waals surface area contributed by atoms with Gasteiger partial charge in [0.25, 0.3) is 0 Å². The van der Waals surface area contributed by atoms with Crippen molar-refractivity contribution in [3.63, 3.8) is 0 Å². The highest BCUT2D eigenvalue weighted by molar-refractivity contribution is 6.36. The second-order valence-electron chi connectivity index (χ2n) is 4.86. The molecule has 0 aliphatic carbocycles. The van der Waals surface area contributed by atoms with Gasteiger partial charge in [-0.25, -0.2) is 4.79 Å². The zero-order chi connectivity index (χ0) is 16.7. The number of carboxylic acids is 1. The molecule has 0 aliphatic rings. The third kappa shape index (κ3) is 2.27. The van der Waals surface area contributed by atoms with Gasteiger partial charge in [-0.15, -0.1) is 0 Å². The first-order valence-electron chi connectivity index (χ1n) is 6.61. The van der Waals surface area contributed by atoms with Crippen molar-refractivity contribution in [3.05, 3.63) is 45.1 Å². The van der Waals surface area contributed by atoms with Gasteiger partial charge in [0.15, 0.2) is 16.9 Å². The van der Waals surface area contributed by atoms with Crippen LogP contribution >= 0.6 is 11.6 Å². The SMILES string of the molecule is COc1cc2[nH]c3c(C(=O)O)ccc(Cl)c3c(=O)c2cc1OC. The maximum absolute atomic E-state index is 12.8. The number of methoxy groups -OCH3 is 2. The lowest BCUT2D eigenvalue weighted by Gasteiger charge is -2.11. The normalized spacial score (nSPS) is 10.9. The van der Waals surface area contributed by atoms with Gasteiger partial charge in [0.1, 0.15) is 0 Å². The third-order valence-electron chi connectivity index (χ3n) is 3.64. The van der Waals surface area contributed by atoms with Crippen molar-refractivity contribution in [1.29, 1.82) is 0 Å². The highest BCUT2D eigenvalue weighted by Crippen LogP contribution is 2.32. The minimum Gasteiger partial charge on any atom is -0.493 e. The summed E-state index contributed by atoms with van der Waals surface area (Å²) in [7, 11) is 2.94. The van der Waals surface area contributed by atoms with E-state index in [4.69, 9.17) is 21.1 Å². The lowest BCUT2D eigenvalue weighted by Crippen LogP contribution is -2.09. The van der Waals surface area contributed by atoms with Crippen LogP contribution in [0.4, 0.5) is 0 Å². The van der Waals surface area contributed by atoms with E-state index in [-0.39, 0.29) is 26.9 Å². The second kappa shape index (κ2) is 5.48. The molecule has 0 radical (unpaired) electrons. The molecule has 7 heteroatoms. The van der Waals surface area contributed by atoms with Crippen LogP contribution in [-0.2, 0) is 0 Å². The topological polar surface area (TPSA) is 88.6 Å². The van der Waals surface area contributed by atoms with Crippen LogP contribution in [0.3, 0.4) is 0 Å². The summed E-state index contributed by atoms with van der Waals surface area (Å²) in [5.74, 6) is -0.327. The Morgan fingerprint density at radius 1 is 1.17 bits per heavy atom. The fraction of sp³-hybridized carbons (Fsp3) is 0.125. The summed E-state index contributed by atoms with van der Waals surface area (Å²) in [6.45, 7) is 0. The minimum atomic E-state index is -1.15. The molecule has 0 saturated carbocycles. The molecule has 0 unspecified atom stereocenters. The van der Waals surface area contributed by atoms with E-state index in [1.807, 2.05) is 0 Å². The first-order valence-corrected chi connectivity index (χ1v) is 6.99. The molecule has 0 aliphatic heterocycles. The number of benzene rings is 2. The Kier molecular flexibility index (Phi) is 3.61. The van der Waals surface area contributed by atoms with Crippen molar-refractivity contribution < 1.29 is 19.4 Å². The Balaban J connectivity index is 2.55. The van der Waals surface area contributed by atoms with Crippen molar-refractivity contribution in [1.82, 2.24) is 4.98 Å². The lowest BCUT2D eigenvalue weighted by atomic mass is 10.1.